The molecule has 0 unspecified atom stereocenters. The normalized spacial score (nSPS) is 11.0. The second-order valence-electron chi connectivity index (χ2n) is 4.36. The van der Waals surface area contributed by atoms with Crippen LogP contribution < -0.4 is 4.74 Å². The first kappa shape index (κ1) is 14.9. The number of hydrogen-bond donors (Lipinski definition) is 0. The van der Waals surface area contributed by atoms with Crippen LogP contribution >= 0.6 is 0 Å². The third-order valence-electron chi connectivity index (χ3n) is 2.72. The summed E-state index contributed by atoms with van der Waals surface area (Å²) in [6, 6.07) is 7.95. The summed E-state index contributed by atoms with van der Waals surface area (Å²) in [5, 5.41) is 8.81. The van der Waals surface area contributed by atoms with Gasteiger partial charge in [-0.2, -0.15) is 5.26 Å². The topological polar surface area (TPSA) is 33.0 Å². The first-order valence-corrected chi connectivity index (χ1v) is 5.87. The van der Waals surface area contributed by atoms with Crippen LogP contribution in [-0.2, 0) is 5.92 Å². The van der Waals surface area contributed by atoms with Crippen LogP contribution in [0.3, 0.4) is 0 Å². The van der Waals surface area contributed by atoms with E-state index in [1.54, 1.807) is 6.07 Å². The Morgan fingerprint density at radius 3 is 2.24 bits per heavy atom. The fraction of sp³-hybridized carbons (Fsp3) is 0.133. The van der Waals surface area contributed by atoms with Crippen molar-refractivity contribution in [2.75, 3.05) is 0 Å². The van der Waals surface area contributed by atoms with E-state index in [9.17, 15) is 17.6 Å². The van der Waals surface area contributed by atoms with Gasteiger partial charge in [0.15, 0.2) is 17.4 Å². The van der Waals surface area contributed by atoms with E-state index in [0.29, 0.717) is 6.92 Å². The summed E-state index contributed by atoms with van der Waals surface area (Å²) in [5.74, 6) is -6.06. The van der Waals surface area contributed by atoms with Crippen LogP contribution in [0, 0.1) is 23.0 Å². The van der Waals surface area contributed by atoms with Gasteiger partial charge >= 0.3 is 0 Å². The highest BCUT2D eigenvalue weighted by Gasteiger charge is 2.28. The van der Waals surface area contributed by atoms with E-state index in [0.717, 1.165) is 30.3 Å². The fourth-order valence-corrected chi connectivity index (χ4v) is 1.75. The van der Waals surface area contributed by atoms with Crippen molar-refractivity contribution < 1.29 is 22.3 Å². The van der Waals surface area contributed by atoms with Gasteiger partial charge in [-0.15, -0.1) is 0 Å². The average Bonchev–Trinajstić information content (AvgIpc) is 2.42. The largest absolute Gasteiger partial charge is 0.451 e. The maximum Gasteiger partial charge on any atom is 0.271 e. The Morgan fingerprint density at radius 2 is 1.71 bits per heavy atom. The minimum absolute atomic E-state index is 0.186. The van der Waals surface area contributed by atoms with Crippen molar-refractivity contribution >= 4 is 0 Å². The van der Waals surface area contributed by atoms with E-state index < -0.39 is 28.9 Å². The van der Waals surface area contributed by atoms with Crippen molar-refractivity contribution in [3.05, 3.63) is 59.2 Å². The number of nitrogens with zero attached hydrogens (tertiary/aromatic N) is 1. The Labute approximate surface area is 118 Å². The first-order valence-electron chi connectivity index (χ1n) is 5.87. The number of ether oxygens (including phenoxy) is 1. The molecule has 0 heterocycles. The molecule has 0 saturated heterocycles. The fourth-order valence-electron chi connectivity index (χ4n) is 1.75. The molecule has 0 bridgehead atoms. The van der Waals surface area contributed by atoms with E-state index in [-0.39, 0.29) is 11.3 Å². The van der Waals surface area contributed by atoms with E-state index in [2.05, 4.69) is 0 Å². The predicted octanol–water partition coefficient (Wildman–Crippen LogP) is 4.74. The van der Waals surface area contributed by atoms with Crippen molar-refractivity contribution in [3.63, 3.8) is 0 Å². The Bertz CT molecular complexity index is 696. The SMILES string of the molecule is CC(F)(F)c1cc(Oc2c(F)cccc2F)ccc1C#N. The third-order valence-corrected chi connectivity index (χ3v) is 2.72. The Balaban J connectivity index is 2.45. The lowest BCUT2D eigenvalue weighted by Crippen LogP contribution is -2.09. The summed E-state index contributed by atoms with van der Waals surface area (Å²) < 4.78 is 58.7. The van der Waals surface area contributed by atoms with E-state index in [4.69, 9.17) is 10.00 Å². The van der Waals surface area contributed by atoms with Crippen LogP contribution in [0.2, 0.25) is 0 Å². The van der Waals surface area contributed by atoms with Crippen LogP contribution in [0.25, 0.3) is 0 Å². The molecule has 0 aliphatic heterocycles. The molecule has 0 aromatic heterocycles. The Kier molecular flexibility index (Phi) is 3.85. The summed E-state index contributed by atoms with van der Waals surface area (Å²) >= 11 is 0. The molecule has 0 atom stereocenters. The molecule has 0 amide bonds. The second kappa shape index (κ2) is 5.44. The lowest BCUT2D eigenvalue weighted by atomic mass is 10.0. The summed E-state index contributed by atoms with van der Waals surface area (Å²) in [4.78, 5) is 0. The molecular formula is C15H9F4NO. The maximum absolute atomic E-state index is 13.5. The number of hydrogen-bond acceptors (Lipinski definition) is 2. The molecule has 2 aromatic carbocycles. The lowest BCUT2D eigenvalue weighted by Gasteiger charge is -2.14. The maximum atomic E-state index is 13.5. The number of rotatable bonds is 3. The van der Waals surface area contributed by atoms with Gasteiger partial charge in [0, 0.05) is 12.5 Å². The van der Waals surface area contributed by atoms with Gasteiger partial charge in [-0.05, 0) is 30.3 Å². The minimum atomic E-state index is -3.28. The zero-order valence-corrected chi connectivity index (χ0v) is 10.8. The molecule has 0 fully saturated rings. The zero-order valence-electron chi connectivity index (χ0n) is 10.8. The van der Waals surface area contributed by atoms with Gasteiger partial charge in [0.25, 0.3) is 5.92 Å². The number of alkyl halides is 2. The standard InChI is InChI=1S/C15H9F4NO/c1-15(18,19)11-7-10(6-5-9(11)8-20)21-14-12(16)3-2-4-13(14)17/h2-7H,1H3. The highest BCUT2D eigenvalue weighted by atomic mass is 19.3. The number of halogens is 4. The van der Waals surface area contributed by atoms with Gasteiger partial charge in [0.05, 0.1) is 11.6 Å². The quantitative estimate of drug-likeness (QED) is 0.766. The molecule has 2 aromatic rings. The van der Waals surface area contributed by atoms with Crippen LogP contribution in [0.5, 0.6) is 11.5 Å². The number of nitriles is 1. The van der Waals surface area contributed by atoms with Crippen molar-refractivity contribution in [1.82, 2.24) is 0 Å². The molecule has 2 rings (SSSR count). The molecule has 108 valence electrons. The van der Waals surface area contributed by atoms with Crippen LogP contribution in [0.1, 0.15) is 18.1 Å². The number of para-hydroxylation sites is 1. The van der Waals surface area contributed by atoms with Gasteiger partial charge in [-0.3, -0.25) is 0 Å². The molecule has 2 nitrogen and oxygen atoms in total. The summed E-state index contributed by atoms with van der Waals surface area (Å²) in [5.41, 5.74) is -0.803. The van der Waals surface area contributed by atoms with Gasteiger partial charge in [0.2, 0.25) is 0 Å². The van der Waals surface area contributed by atoms with E-state index in [1.165, 1.54) is 6.07 Å². The molecule has 21 heavy (non-hydrogen) atoms. The average molecular weight is 295 g/mol. The third kappa shape index (κ3) is 3.14. The van der Waals surface area contributed by atoms with Crippen LogP contribution in [-0.4, -0.2) is 0 Å². The van der Waals surface area contributed by atoms with Gasteiger partial charge in [-0.1, -0.05) is 6.07 Å². The molecule has 0 aliphatic carbocycles. The zero-order chi connectivity index (χ0) is 15.6. The van der Waals surface area contributed by atoms with Crippen molar-refractivity contribution in [2.45, 2.75) is 12.8 Å². The van der Waals surface area contributed by atoms with Gasteiger partial charge in [0.1, 0.15) is 5.75 Å². The van der Waals surface area contributed by atoms with Crippen molar-refractivity contribution in [3.8, 4) is 17.6 Å². The minimum Gasteiger partial charge on any atom is -0.451 e. The second-order valence-corrected chi connectivity index (χ2v) is 4.36. The molecular weight excluding hydrogens is 286 g/mol. The smallest absolute Gasteiger partial charge is 0.271 e. The van der Waals surface area contributed by atoms with E-state index in [1.807, 2.05) is 0 Å². The molecule has 0 saturated carbocycles. The summed E-state index contributed by atoms with van der Waals surface area (Å²) in [7, 11) is 0. The Hall–Kier alpha value is -2.55. The number of benzene rings is 2. The highest BCUT2D eigenvalue weighted by Crippen LogP contribution is 2.34. The van der Waals surface area contributed by atoms with Crippen molar-refractivity contribution in [1.29, 1.82) is 5.26 Å². The molecule has 6 heteroatoms. The monoisotopic (exact) mass is 295 g/mol. The molecule has 0 N–H and O–H groups in total. The van der Waals surface area contributed by atoms with Gasteiger partial charge < -0.3 is 4.74 Å². The molecule has 0 radical (unpaired) electrons. The molecule has 0 aliphatic rings. The highest BCUT2D eigenvalue weighted by molar-refractivity contribution is 5.46. The lowest BCUT2D eigenvalue weighted by molar-refractivity contribution is 0.0170. The van der Waals surface area contributed by atoms with Gasteiger partial charge in [-0.25, -0.2) is 17.6 Å². The summed E-state index contributed by atoms with van der Waals surface area (Å²) in [6.07, 6.45) is 0. The van der Waals surface area contributed by atoms with E-state index >= 15 is 0 Å². The van der Waals surface area contributed by atoms with Crippen LogP contribution in [0.15, 0.2) is 36.4 Å². The van der Waals surface area contributed by atoms with Crippen LogP contribution in [0.4, 0.5) is 17.6 Å². The van der Waals surface area contributed by atoms with Crippen molar-refractivity contribution in [2.24, 2.45) is 0 Å². The summed E-state index contributed by atoms with van der Waals surface area (Å²) in [6.45, 7) is 0.622. The molecule has 0 spiro atoms. The first-order chi connectivity index (χ1) is 9.82. The predicted molar refractivity (Wildman–Crippen MR) is 67.2 cm³/mol. The Morgan fingerprint density at radius 1 is 1.10 bits per heavy atom.